The van der Waals surface area contributed by atoms with Crippen LogP contribution in [0.4, 0.5) is 0 Å². The van der Waals surface area contributed by atoms with Gasteiger partial charge in [-0.1, -0.05) is 19.1 Å². The highest BCUT2D eigenvalue weighted by Gasteiger charge is 2.16. The number of methoxy groups -OCH3 is 1. The fraction of sp³-hybridized carbons (Fsp3) is 0.600. The minimum atomic E-state index is -3.46. The molecule has 0 heterocycles. The standard InChI is InChI=1S/C15H26N2O3S/c1-4-10-16-12-14-5-7-15(8-6-14)21(18,19)17-13(2)9-11-20-3/h5-8,13,16-17H,4,9-12H2,1-3H3. The Bertz CT molecular complexity index is 500. The number of nitrogens with one attached hydrogen (secondary N) is 2. The molecule has 0 fully saturated rings. The van der Waals surface area contributed by atoms with Gasteiger partial charge in [-0.15, -0.1) is 0 Å². The topological polar surface area (TPSA) is 67.4 Å². The summed E-state index contributed by atoms with van der Waals surface area (Å²) < 4.78 is 32.0. The molecule has 0 amide bonds. The van der Waals surface area contributed by atoms with Crippen molar-refractivity contribution in [2.75, 3.05) is 20.3 Å². The first-order chi connectivity index (χ1) is 9.99. The van der Waals surface area contributed by atoms with Gasteiger partial charge in [0.1, 0.15) is 0 Å². The molecule has 2 N–H and O–H groups in total. The Labute approximate surface area is 128 Å². The van der Waals surface area contributed by atoms with E-state index < -0.39 is 10.0 Å². The van der Waals surface area contributed by atoms with E-state index in [2.05, 4.69) is 17.0 Å². The Morgan fingerprint density at radius 1 is 1.24 bits per heavy atom. The summed E-state index contributed by atoms with van der Waals surface area (Å²) in [7, 11) is -1.85. The highest BCUT2D eigenvalue weighted by atomic mass is 32.2. The molecule has 0 aliphatic rings. The molecule has 1 aromatic carbocycles. The molecule has 1 aromatic rings. The number of hydrogen-bond donors (Lipinski definition) is 2. The van der Waals surface area contributed by atoms with Crippen molar-refractivity contribution in [3.05, 3.63) is 29.8 Å². The highest BCUT2D eigenvalue weighted by molar-refractivity contribution is 7.89. The van der Waals surface area contributed by atoms with Crippen molar-refractivity contribution in [1.82, 2.24) is 10.0 Å². The van der Waals surface area contributed by atoms with Crippen molar-refractivity contribution in [2.45, 2.75) is 44.2 Å². The molecule has 1 rings (SSSR count). The molecule has 6 heteroatoms. The van der Waals surface area contributed by atoms with Gasteiger partial charge in [0.05, 0.1) is 4.90 Å². The first kappa shape index (κ1) is 18.1. The highest BCUT2D eigenvalue weighted by Crippen LogP contribution is 2.11. The molecule has 21 heavy (non-hydrogen) atoms. The monoisotopic (exact) mass is 314 g/mol. The third kappa shape index (κ3) is 6.56. The van der Waals surface area contributed by atoms with E-state index in [1.807, 2.05) is 19.1 Å². The summed E-state index contributed by atoms with van der Waals surface area (Å²) >= 11 is 0. The molecule has 0 spiro atoms. The summed E-state index contributed by atoms with van der Waals surface area (Å²) in [6.07, 6.45) is 1.73. The quantitative estimate of drug-likeness (QED) is 0.647. The molecule has 5 nitrogen and oxygen atoms in total. The SMILES string of the molecule is CCCNCc1ccc(S(=O)(=O)NC(C)CCOC)cc1. The molecule has 120 valence electrons. The first-order valence-corrected chi connectivity index (χ1v) is 8.79. The van der Waals surface area contributed by atoms with Crippen molar-refractivity contribution < 1.29 is 13.2 Å². The third-order valence-corrected chi connectivity index (χ3v) is 4.71. The van der Waals surface area contributed by atoms with Gasteiger partial charge in [0.25, 0.3) is 0 Å². The van der Waals surface area contributed by atoms with Gasteiger partial charge < -0.3 is 10.1 Å². The summed E-state index contributed by atoms with van der Waals surface area (Å²) in [5.74, 6) is 0. The Morgan fingerprint density at radius 3 is 2.48 bits per heavy atom. The Kier molecular flexibility index (Phi) is 7.88. The summed E-state index contributed by atoms with van der Waals surface area (Å²) in [6, 6.07) is 6.83. The van der Waals surface area contributed by atoms with Crippen LogP contribution >= 0.6 is 0 Å². The van der Waals surface area contributed by atoms with Gasteiger partial charge in [0.2, 0.25) is 10.0 Å². The molecule has 0 saturated heterocycles. The van der Waals surface area contributed by atoms with E-state index in [4.69, 9.17) is 4.74 Å². The van der Waals surface area contributed by atoms with E-state index in [-0.39, 0.29) is 6.04 Å². The smallest absolute Gasteiger partial charge is 0.240 e. The molecule has 0 aliphatic heterocycles. The molecule has 0 saturated carbocycles. The maximum atomic E-state index is 12.2. The van der Waals surface area contributed by atoms with Gasteiger partial charge in [-0.25, -0.2) is 13.1 Å². The molecule has 1 unspecified atom stereocenters. The number of ether oxygens (including phenoxy) is 1. The molecule has 0 bridgehead atoms. The molecule has 0 radical (unpaired) electrons. The van der Waals surface area contributed by atoms with Crippen LogP contribution in [0.15, 0.2) is 29.2 Å². The largest absolute Gasteiger partial charge is 0.385 e. The molecular formula is C15H26N2O3S. The number of hydrogen-bond acceptors (Lipinski definition) is 4. The van der Waals surface area contributed by atoms with Crippen LogP contribution in [0.3, 0.4) is 0 Å². The maximum absolute atomic E-state index is 12.2. The lowest BCUT2D eigenvalue weighted by molar-refractivity contribution is 0.188. The second-order valence-corrected chi connectivity index (χ2v) is 6.84. The lowest BCUT2D eigenvalue weighted by Crippen LogP contribution is -2.33. The van der Waals surface area contributed by atoms with E-state index >= 15 is 0 Å². The Hall–Kier alpha value is -0.950. The molecule has 1 atom stereocenters. The second-order valence-electron chi connectivity index (χ2n) is 5.12. The van der Waals surface area contributed by atoms with Crippen LogP contribution in [-0.4, -0.2) is 34.7 Å². The Morgan fingerprint density at radius 2 is 1.90 bits per heavy atom. The van der Waals surface area contributed by atoms with Crippen LogP contribution < -0.4 is 10.0 Å². The van der Waals surface area contributed by atoms with Crippen LogP contribution in [-0.2, 0) is 21.3 Å². The zero-order chi connectivity index (χ0) is 15.7. The van der Waals surface area contributed by atoms with E-state index in [1.165, 1.54) is 0 Å². The van der Waals surface area contributed by atoms with Crippen molar-refractivity contribution in [1.29, 1.82) is 0 Å². The normalized spacial score (nSPS) is 13.3. The fourth-order valence-electron chi connectivity index (χ4n) is 1.88. The van der Waals surface area contributed by atoms with Crippen molar-refractivity contribution >= 4 is 10.0 Å². The number of rotatable bonds is 10. The van der Waals surface area contributed by atoms with Gasteiger partial charge in [-0.3, -0.25) is 0 Å². The minimum Gasteiger partial charge on any atom is -0.385 e. The van der Waals surface area contributed by atoms with Gasteiger partial charge in [-0.05, 0) is 44.0 Å². The fourth-order valence-corrected chi connectivity index (χ4v) is 3.16. The zero-order valence-corrected chi connectivity index (χ0v) is 13.9. The molecular weight excluding hydrogens is 288 g/mol. The number of benzene rings is 1. The Balaban J connectivity index is 2.62. The predicted molar refractivity (Wildman–Crippen MR) is 84.7 cm³/mol. The van der Waals surface area contributed by atoms with Crippen molar-refractivity contribution in [3.8, 4) is 0 Å². The zero-order valence-electron chi connectivity index (χ0n) is 13.1. The molecule has 0 aromatic heterocycles. The van der Waals surface area contributed by atoms with E-state index in [9.17, 15) is 8.42 Å². The third-order valence-electron chi connectivity index (χ3n) is 3.10. The van der Waals surface area contributed by atoms with Crippen LogP contribution in [0, 0.1) is 0 Å². The lowest BCUT2D eigenvalue weighted by atomic mass is 10.2. The van der Waals surface area contributed by atoms with Crippen molar-refractivity contribution in [3.63, 3.8) is 0 Å². The van der Waals surface area contributed by atoms with E-state index in [0.29, 0.717) is 17.9 Å². The summed E-state index contributed by atoms with van der Waals surface area (Å²) in [5.41, 5.74) is 1.08. The lowest BCUT2D eigenvalue weighted by Gasteiger charge is -2.14. The average Bonchev–Trinajstić information content (AvgIpc) is 2.45. The average molecular weight is 314 g/mol. The number of sulfonamides is 1. The van der Waals surface area contributed by atoms with E-state index in [1.54, 1.807) is 19.2 Å². The predicted octanol–water partition coefficient (Wildman–Crippen LogP) is 1.89. The van der Waals surface area contributed by atoms with Gasteiger partial charge in [-0.2, -0.15) is 0 Å². The summed E-state index contributed by atoms with van der Waals surface area (Å²) in [6.45, 7) is 6.19. The maximum Gasteiger partial charge on any atom is 0.240 e. The van der Waals surface area contributed by atoms with Crippen LogP contribution in [0.2, 0.25) is 0 Å². The van der Waals surface area contributed by atoms with Crippen molar-refractivity contribution in [2.24, 2.45) is 0 Å². The summed E-state index contributed by atoms with van der Waals surface area (Å²) in [4.78, 5) is 0.297. The van der Waals surface area contributed by atoms with Crippen LogP contribution in [0.5, 0.6) is 0 Å². The molecule has 0 aliphatic carbocycles. The van der Waals surface area contributed by atoms with Gasteiger partial charge in [0.15, 0.2) is 0 Å². The first-order valence-electron chi connectivity index (χ1n) is 7.30. The van der Waals surface area contributed by atoms with Gasteiger partial charge in [0, 0.05) is 26.3 Å². The van der Waals surface area contributed by atoms with Crippen LogP contribution in [0.1, 0.15) is 32.3 Å². The van der Waals surface area contributed by atoms with E-state index in [0.717, 1.165) is 25.1 Å². The second kappa shape index (κ2) is 9.15. The van der Waals surface area contributed by atoms with Crippen LogP contribution in [0.25, 0.3) is 0 Å². The summed E-state index contributed by atoms with van der Waals surface area (Å²) in [5, 5.41) is 3.29. The minimum absolute atomic E-state index is 0.152. The van der Waals surface area contributed by atoms with Gasteiger partial charge >= 0.3 is 0 Å².